The molecule has 7 heteroatoms. The quantitative estimate of drug-likeness (QED) is 0.552. The lowest BCUT2D eigenvalue weighted by molar-refractivity contribution is -0.384. The van der Waals surface area contributed by atoms with Crippen molar-refractivity contribution < 1.29 is 10.0 Å². The van der Waals surface area contributed by atoms with Gasteiger partial charge in [0.2, 0.25) is 0 Å². The van der Waals surface area contributed by atoms with E-state index in [0.717, 1.165) is 43.2 Å². The Morgan fingerprint density at radius 2 is 1.61 bits per heavy atom. The van der Waals surface area contributed by atoms with Crippen molar-refractivity contribution in [2.75, 3.05) is 36.0 Å². The van der Waals surface area contributed by atoms with Crippen molar-refractivity contribution >= 4 is 17.2 Å². The van der Waals surface area contributed by atoms with Crippen molar-refractivity contribution in [3.8, 4) is 17.0 Å². The first-order valence-corrected chi connectivity index (χ1v) is 9.11. The topological polar surface area (TPSA) is 82.7 Å². The third-order valence-electron chi connectivity index (χ3n) is 4.90. The molecule has 2 heterocycles. The van der Waals surface area contributed by atoms with Crippen LogP contribution in [0.4, 0.5) is 17.2 Å². The van der Waals surface area contributed by atoms with E-state index in [2.05, 4.69) is 14.8 Å². The Morgan fingerprint density at radius 3 is 2.29 bits per heavy atom. The van der Waals surface area contributed by atoms with E-state index in [1.807, 2.05) is 42.5 Å². The summed E-state index contributed by atoms with van der Waals surface area (Å²) in [4.78, 5) is 20.0. The van der Waals surface area contributed by atoms with Gasteiger partial charge in [0.25, 0.3) is 5.69 Å². The molecule has 142 valence electrons. The number of aromatic nitrogens is 1. The fraction of sp³-hybridized carbons (Fsp3) is 0.190. The number of hydrogen-bond donors (Lipinski definition) is 1. The molecule has 1 aliphatic heterocycles. The molecule has 0 aliphatic carbocycles. The van der Waals surface area contributed by atoms with Crippen LogP contribution < -0.4 is 9.80 Å². The average molecular weight is 376 g/mol. The molecule has 1 N–H and O–H groups in total. The maximum Gasteiger partial charge on any atom is 0.295 e. The highest BCUT2D eigenvalue weighted by molar-refractivity contribution is 5.71. The monoisotopic (exact) mass is 376 g/mol. The van der Waals surface area contributed by atoms with Crippen LogP contribution in [0.15, 0.2) is 66.7 Å². The summed E-state index contributed by atoms with van der Waals surface area (Å²) in [5, 5.41) is 21.1. The van der Waals surface area contributed by atoms with Gasteiger partial charge in [0.1, 0.15) is 11.6 Å². The molecule has 0 atom stereocenters. The first-order valence-electron chi connectivity index (χ1n) is 9.11. The van der Waals surface area contributed by atoms with E-state index in [1.165, 1.54) is 6.07 Å². The van der Waals surface area contributed by atoms with Gasteiger partial charge in [0.05, 0.1) is 4.92 Å². The number of rotatable bonds is 4. The molecule has 0 spiro atoms. The third kappa shape index (κ3) is 3.59. The second-order valence-electron chi connectivity index (χ2n) is 6.65. The Labute approximate surface area is 162 Å². The van der Waals surface area contributed by atoms with E-state index in [-0.39, 0.29) is 16.4 Å². The molecule has 3 aromatic rings. The van der Waals surface area contributed by atoms with Crippen LogP contribution >= 0.6 is 0 Å². The molecular formula is C21H20N4O3. The van der Waals surface area contributed by atoms with Crippen molar-refractivity contribution in [3.63, 3.8) is 0 Å². The van der Waals surface area contributed by atoms with Gasteiger partial charge in [-0.3, -0.25) is 10.1 Å². The molecular weight excluding hydrogens is 356 g/mol. The fourth-order valence-corrected chi connectivity index (χ4v) is 3.46. The number of phenolic OH excluding ortho intramolecular Hbond substituents is 1. The molecule has 0 amide bonds. The van der Waals surface area contributed by atoms with E-state index in [4.69, 9.17) is 0 Å². The molecule has 4 rings (SSSR count). The van der Waals surface area contributed by atoms with Gasteiger partial charge >= 0.3 is 0 Å². The van der Waals surface area contributed by atoms with Gasteiger partial charge in [-0.2, -0.15) is 0 Å². The average Bonchev–Trinajstić information content (AvgIpc) is 2.74. The van der Waals surface area contributed by atoms with E-state index in [0.29, 0.717) is 5.69 Å². The summed E-state index contributed by atoms with van der Waals surface area (Å²) < 4.78 is 0. The second kappa shape index (κ2) is 7.56. The van der Waals surface area contributed by atoms with Crippen LogP contribution in [-0.4, -0.2) is 41.2 Å². The molecule has 0 bridgehead atoms. The number of anilines is 2. The zero-order chi connectivity index (χ0) is 19.5. The van der Waals surface area contributed by atoms with E-state index in [1.54, 1.807) is 18.2 Å². The first kappa shape index (κ1) is 17.8. The molecule has 1 fully saturated rings. The van der Waals surface area contributed by atoms with Gasteiger partial charge in [0.15, 0.2) is 5.69 Å². The summed E-state index contributed by atoms with van der Waals surface area (Å²) in [6.45, 7) is 3.05. The summed E-state index contributed by atoms with van der Waals surface area (Å²) in [6.07, 6.45) is 0. The van der Waals surface area contributed by atoms with Crippen LogP contribution in [-0.2, 0) is 0 Å². The number of nitrogens with zero attached hydrogens (tertiary/aromatic N) is 4. The molecule has 1 aliphatic rings. The zero-order valence-corrected chi connectivity index (χ0v) is 15.2. The predicted molar refractivity (Wildman–Crippen MR) is 109 cm³/mol. The normalized spacial score (nSPS) is 14.1. The van der Waals surface area contributed by atoms with Crippen LogP contribution in [0, 0.1) is 10.1 Å². The fourth-order valence-electron chi connectivity index (χ4n) is 3.46. The number of aromatic hydroxyl groups is 1. The minimum absolute atomic E-state index is 0.00773. The summed E-state index contributed by atoms with van der Waals surface area (Å²) >= 11 is 0. The number of nitro groups is 1. The van der Waals surface area contributed by atoms with Crippen LogP contribution in [0.25, 0.3) is 11.3 Å². The summed E-state index contributed by atoms with van der Waals surface area (Å²) in [6, 6.07) is 19.7. The minimum Gasteiger partial charge on any atom is -0.508 e. The molecule has 0 radical (unpaired) electrons. The summed E-state index contributed by atoms with van der Waals surface area (Å²) in [5.74, 6) is 0.990. The number of benzene rings is 2. The molecule has 0 saturated carbocycles. The van der Waals surface area contributed by atoms with Crippen LogP contribution in [0.2, 0.25) is 0 Å². The Balaban J connectivity index is 1.56. The lowest BCUT2D eigenvalue weighted by Crippen LogP contribution is -2.46. The minimum atomic E-state index is -0.390. The molecule has 28 heavy (non-hydrogen) atoms. The SMILES string of the molecule is O=[N+]([O-])c1ccc(N2CCN(c3cccc(O)c3)CC2)nc1-c1ccccc1. The highest BCUT2D eigenvalue weighted by Crippen LogP contribution is 2.31. The highest BCUT2D eigenvalue weighted by atomic mass is 16.6. The van der Waals surface area contributed by atoms with E-state index >= 15 is 0 Å². The van der Waals surface area contributed by atoms with Crippen molar-refractivity contribution in [3.05, 3.63) is 76.8 Å². The molecule has 2 aromatic carbocycles. The lowest BCUT2D eigenvalue weighted by Gasteiger charge is -2.36. The van der Waals surface area contributed by atoms with Crippen LogP contribution in [0.5, 0.6) is 5.75 Å². The van der Waals surface area contributed by atoms with Crippen LogP contribution in [0.3, 0.4) is 0 Å². The number of pyridine rings is 1. The Hall–Kier alpha value is -3.61. The smallest absolute Gasteiger partial charge is 0.295 e. The van der Waals surface area contributed by atoms with Crippen molar-refractivity contribution in [2.24, 2.45) is 0 Å². The Bertz CT molecular complexity index is 986. The van der Waals surface area contributed by atoms with Gasteiger partial charge in [-0.05, 0) is 18.2 Å². The van der Waals surface area contributed by atoms with Gasteiger partial charge in [-0.1, -0.05) is 36.4 Å². The second-order valence-corrected chi connectivity index (χ2v) is 6.65. The maximum absolute atomic E-state index is 11.4. The maximum atomic E-state index is 11.4. The Kier molecular flexibility index (Phi) is 4.80. The summed E-state index contributed by atoms with van der Waals surface area (Å²) in [5.41, 5.74) is 2.11. The molecule has 1 aromatic heterocycles. The van der Waals surface area contributed by atoms with Gasteiger partial charge < -0.3 is 14.9 Å². The standard InChI is InChI=1S/C21H20N4O3/c26-18-8-4-7-17(15-18)23-11-13-24(14-12-23)20-10-9-19(25(27)28)21(22-20)16-5-2-1-3-6-16/h1-10,15,26H,11-14H2. The number of piperazine rings is 1. The van der Waals surface area contributed by atoms with E-state index < -0.39 is 0 Å². The predicted octanol–water partition coefficient (Wildman–Crippen LogP) is 3.69. The van der Waals surface area contributed by atoms with Gasteiger partial charge in [0, 0.05) is 49.6 Å². The largest absolute Gasteiger partial charge is 0.508 e. The van der Waals surface area contributed by atoms with Crippen molar-refractivity contribution in [1.82, 2.24) is 4.98 Å². The zero-order valence-electron chi connectivity index (χ0n) is 15.2. The highest BCUT2D eigenvalue weighted by Gasteiger charge is 2.22. The van der Waals surface area contributed by atoms with Gasteiger partial charge in [-0.25, -0.2) is 4.98 Å². The van der Waals surface area contributed by atoms with Crippen molar-refractivity contribution in [1.29, 1.82) is 0 Å². The first-order chi connectivity index (χ1) is 13.6. The Morgan fingerprint density at radius 1 is 0.893 bits per heavy atom. The molecule has 1 saturated heterocycles. The number of phenols is 1. The van der Waals surface area contributed by atoms with Crippen LogP contribution in [0.1, 0.15) is 0 Å². The summed E-state index contributed by atoms with van der Waals surface area (Å²) in [7, 11) is 0. The van der Waals surface area contributed by atoms with Gasteiger partial charge in [-0.15, -0.1) is 0 Å². The molecule has 0 unspecified atom stereocenters. The lowest BCUT2D eigenvalue weighted by atomic mass is 10.1. The van der Waals surface area contributed by atoms with E-state index in [9.17, 15) is 15.2 Å². The third-order valence-corrected chi connectivity index (χ3v) is 4.90. The number of hydrogen-bond acceptors (Lipinski definition) is 6. The van der Waals surface area contributed by atoms with Crippen molar-refractivity contribution in [2.45, 2.75) is 0 Å². The molecule has 7 nitrogen and oxygen atoms in total.